The lowest BCUT2D eigenvalue weighted by molar-refractivity contribution is 0.102. The van der Waals surface area contributed by atoms with Crippen LogP contribution in [0.25, 0.3) is 0 Å². The van der Waals surface area contributed by atoms with Gasteiger partial charge < -0.3 is 5.32 Å². The molecule has 19 heavy (non-hydrogen) atoms. The molecule has 100 valence electrons. The quantitative estimate of drug-likeness (QED) is 0.734. The van der Waals surface area contributed by atoms with Gasteiger partial charge in [0, 0.05) is 26.5 Å². The van der Waals surface area contributed by atoms with Crippen LogP contribution in [0, 0.1) is 17.4 Å². The van der Waals surface area contributed by atoms with Gasteiger partial charge in [-0.1, -0.05) is 0 Å². The number of nitrogens with one attached hydrogen (secondary N) is 1. The fraction of sp³-hybridized carbons (Fsp3) is 0.231. The van der Waals surface area contributed by atoms with Crippen LogP contribution in [0.2, 0.25) is 0 Å². The lowest BCUT2D eigenvalue weighted by Gasteiger charge is -2.07. The Morgan fingerprint density at radius 1 is 1.42 bits per heavy atom. The van der Waals surface area contributed by atoms with Gasteiger partial charge in [0.25, 0.3) is 5.91 Å². The zero-order chi connectivity index (χ0) is 14.2. The molecule has 0 aliphatic carbocycles. The minimum absolute atomic E-state index is 0.129. The normalized spacial score (nSPS) is 10.6. The maximum absolute atomic E-state index is 12.3. The summed E-state index contributed by atoms with van der Waals surface area (Å²) in [7, 11) is 1.83. The summed E-state index contributed by atoms with van der Waals surface area (Å²) in [5.74, 6) is -0.129. The van der Waals surface area contributed by atoms with Gasteiger partial charge in [0.2, 0.25) is 0 Å². The van der Waals surface area contributed by atoms with E-state index >= 15 is 0 Å². The smallest absolute Gasteiger partial charge is 0.259 e. The van der Waals surface area contributed by atoms with Gasteiger partial charge >= 0.3 is 0 Å². The van der Waals surface area contributed by atoms with Crippen molar-refractivity contribution in [1.82, 2.24) is 9.78 Å². The van der Waals surface area contributed by atoms with Crippen LogP contribution in [0.5, 0.6) is 0 Å². The first-order valence-corrected chi connectivity index (χ1v) is 7.54. The number of aryl methyl sites for hydroxylation is 2. The lowest BCUT2D eigenvalue weighted by Crippen LogP contribution is -2.14. The van der Waals surface area contributed by atoms with E-state index in [0.717, 1.165) is 25.1 Å². The van der Waals surface area contributed by atoms with Crippen molar-refractivity contribution in [2.24, 2.45) is 7.05 Å². The Bertz CT molecular complexity index is 652. The summed E-state index contributed by atoms with van der Waals surface area (Å²) >= 11 is 5.68. The number of aromatic nitrogens is 2. The molecular formula is C13H13BrIN3O. The third-order valence-electron chi connectivity index (χ3n) is 2.91. The first kappa shape index (κ1) is 14.5. The molecule has 0 saturated heterocycles. The molecule has 1 N–H and O–H groups in total. The van der Waals surface area contributed by atoms with Crippen molar-refractivity contribution in [3.63, 3.8) is 0 Å². The molecule has 0 aliphatic rings. The fourth-order valence-electron chi connectivity index (χ4n) is 1.87. The highest BCUT2D eigenvalue weighted by Crippen LogP contribution is 2.23. The van der Waals surface area contributed by atoms with Gasteiger partial charge in [-0.3, -0.25) is 9.48 Å². The Morgan fingerprint density at radius 3 is 2.63 bits per heavy atom. The number of hydrogen-bond donors (Lipinski definition) is 1. The first-order valence-electron chi connectivity index (χ1n) is 5.66. The number of benzene rings is 1. The van der Waals surface area contributed by atoms with E-state index < -0.39 is 0 Å². The Labute approximate surface area is 133 Å². The van der Waals surface area contributed by atoms with E-state index in [1.54, 1.807) is 4.68 Å². The Morgan fingerprint density at radius 2 is 2.11 bits per heavy atom. The number of halogens is 2. The van der Waals surface area contributed by atoms with E-state index in [4.69, 9.17) is 0 Å². The van der Waals surface area contributed by atoms with Crippen molar-refractivity contribution < 1.29 is 4.79 Å². The van der Waals surface area contributed by atoms with Crippen molar-refractivity contribution in [3.05, 3.63) is 43.2 Å². The van der Waals surface area contributed by atoms with Crippen LogP contribution in [0.3, 0.4) is 0 Å². The molecule has 6 heteroatoms. The van der Waals surface area contributed by atoms with E-state index in [2.05, 4.69) is 48.9 Å². The number of rotatable bonds is 2. The molecule has 0 atom stereocenters. The van der Waals surface area contributed by atoms with Gasteiger partial charge in [-0.15, -0.1) is 0 Å². The molecule has 0 aliphatic heterocycles. The number of carbonyl (C=O) groups is 1. The molecule has 2 aromatic rings. The van der Waals surface area contributed by atoms with Gasteiger partial charge in [0.1, 0.15) is 0 Å². The second kappa shape index (κ2) is 5.62. The largest absolute Gasteiger partial charge is 0.322 e. The van der Waals surface area contributed by atoms with Crippen molar-refractivity contribution >= 4 is 50.1 Å². The molecule has 1 amide bonds. The van der Waals surface area contributed by atoms with Gasteiger partial charge in [0.05, 0.1) is 11.3 Å². The number of hydrogen-bond acceptors (Lipinski definition) is 2. The van der Waals surface area contributed by atoms with Crippen molar-refractivity contribution in [2.75, 3.05) is 5.32 Å². The molecule has 1 aromatic carbocycles. The highest BCUT2D eigenvalue weighted by molar-refractivity contribution is 14.1. The summed E-state index contributed by atoms with van der Waals surface area (Å²) in [5.41, 5.74) is 3.00. The minimum Gasteiger partial charge on any atom is -0.322 e. The minimum atomic E-state index is -0.129. The Hall–Kier alpha value is -0.890. The zero-order valence-electron chi connectivity index (χ0n) is 10.8. The summed E-state index contributed by atoms with van der Waals surface area (Å²) in [5, 5.41) is 7.15. The monoisotopic (exact) mass is 433 g/mol. The molecule has 0 spiro atoms. The van der Waals surface area contributed by atoms with Gasteiger partial charge in [0.15, 0.2) is 0 Å². The SMILES string of the molecule is Cc1nn(C)c(C)c1C(=O)Nc1ccc(I)c(Br)c1. The van der Waals surface area contributed by atoms with Gasteiger partial charge in [-0.2, -0.15) is 5.10 Å². The van der Waals surface area contributed by atoms with E-state index in [1.807, 2.05) is 39.1 Å². The molecule has 0 fully saturated rings. The average Bonchev–Trinajstić information content (AvgIpc) is 2.58. The Balaban J connectivity index is 2.28. The topological polar surface area (TPSA) is 46.9 Å². The van der Waals surface area contributed by atoms with Crippen molar-refractivity contribution in [2.45, 2.75) is 13.8 Å². The van der Waals surface area contributed by atoms with Crippen LogP contribution in [0.4, 0.5) is 5.69 Å². The fourth-order valence-corrected chi connectivity index (χ4v) is 2.58. The van der Waals surface area contributed by atoms with Crippen molar-refractivity contribution in [3.8, 4) is 0 Å². The van der Waals surface area contributed by atoms with E-state index in [0.29, 0.717) is 5.56 Å². The number of anilines is 1. The second-order valence-electron chi connectivity index (χ2n) is 4.25. The molecule has 0 saturated carbocycles. The highest BCUT2D eigenvalue weighted by Gasteiger charge is 2.17. The van der Waals surface area contributed by atoms with Crippen LogP contribution in [0.15, 0.2) is 22.7 Å². The summed E-state index contributed by atoms with van der Waals surface area (Å²) in [4.78, 5) is 12.3. The maximum Gasteiger partial charge on any atom is 0.259 e. The van der Waals surface area contributed by atoms with Crippen molar-refractivity contribution in [1.29, 1.82) is 0 Å². The predicted molar refractivity (Wildman–Crippen MR) is 87.5 cm³/mol. The number of amides is 1. The molecule has 0 unspecified atom stereocenters. The Kier molecular flexibility index (Phi) is 4.29. The average molecular weight is 434 g/mol. The summed E-state index contributed by atoms with van der Waals surface area (Å²) in [6.07, 6.45) is 0. The molecule has 1 aromatic heterocycles. The summed E-state index contributed by atoms with van der Waals surface area (Å²) < 4.78 is 3.78. The van der Waals surface area contributed by atoms with Gasteiger partial charge in [-0.25, -0.2) is 0 Å². The van der Waals surface area contributed by atoms with E-state index in [1.165, 1.54) is 0 Å². The number of carbonyl (C=O) groups excluding carboxylic acids is 1. The van der Waals surface area contributed by atoms with Crippen LogP contribution < -0.4 is 5.32 Å². The van der Waals surface area contributed by atoms with Crippen LogP contribution >= 0.6 is 38.5 Å². The molecule has 0 radical (unpaired) electrons. The van der Waals surface area contributed by atoms with Gasteiger partial charge in [-0.05, 0) is 70.6 Å². The van der Waals surface area contributed by atoms with E-state index in [9.17, 15) is 4.79 Å². The second-order valence-corrected chi connectivity index (χ2v) is 6.27. The molecule has 1 heterocycles. The molecule has 0 bridgehead atoms. The van der Waals surface area contributed by atoms with Crippen LogP contribution in [-0.4, -0.2) is 15.7 Å². The number of nitrogens with zero attached hydrogens (tertiary/aromatic N) is 2. The van der Waals surface area contributed by atoms with Crippen LogP contribution in [-0.2, 0) is 7.05 Å². The highest BCUT2D eigenvalue weighted by atomic mass is 127. The first-order chi connectivity index (χ1) is 8.90. The molecule has 4 nitrogen and oxygen atoms in total. The molecule has 2 rings (SSSR count). The summed E-state index contributed by atoms with van der Waals surface area (Å²) in [6.45, 7) is 3.73. The predicted octanol–water partition coefficient (Wildman–Crippen LogP) is 3.66. The zero-order valence-corrected chi connectivity index (χ0v) is 14.5. The third kappa shape index (κ3) is 3.00. The third-order valence-corrected chi connectivity index (χ3v) is 5.25. The maximum atomic E-state index is 12.3. The summed E-state index contributed by atoms with van der Waals surface area (Å²) in [6, 6.07) is 5.72. The standard InChI is InChI=1S/C13H13BrIN3O/c1-7-12(8(2)18(3)17-7)13(19)16-9-4-5-11(15)10(14)6-9/h4-6H,1-3H3,(H,16,19). The van der Waals surface area contributed by atoms with Crippen LogP contribution in [0.1, 0.15) is 21.7 Å². The van der Waals surface area contributed by atoms with E-state index in [-0.39, 0.29) is 5.91 Å². The lowest BCUT2D eigenvalue weighted by atomic mass is 10.2. The molecular weight excluding hydrogens is 421 g/mol.